The van der Waals surface area contributed by atoms with Crippen LogP contribution in [-0.2, 0) is 6.42 Å². The van der Waals surface area contributed by atoms with Gasteiger partial charge in [-0.05, 0) is 61.2 Å². The number of amides is 1. The van der Waals surface area contributed by atoms with Gasteiger partial charge in [0.25, 0.3) is 5.91 Å². The maximum Gasteiger partial charge on any atom is 0.297 e. The van der Waals surface area contributed by atoms with Crippen molar-refractivity contribution in [3.63, 3.8) is 0 Å². The number of carbonyl (C=O) groups is 1. The number of nitrogens with zero attached hydrogens (tertiary/aromatic N) is 3. The molecule has 2 aromatic carbocycles. The highest BCUT2D eigenvalue weighted by atomic mass is 32.1. The molecule has 0 unspecified atom stereocenters. The number of aromatic nitrogens is 2. The van der Waals surface area contributed by atoms with Gasteiger partial charge in [-0.15, -0.1) is 10.2 Å². The van der Waals surface area contributed by atoms with E-state index in [0.29, 0.717) is 33.2 Å². The SMILES string of the molecule is CCCc1nnc(N2C(=O)c3oc4cc(C)c(C)cc4c(=O)c3[C@@H]2c2ccc(OC)c(OC)c2)s1. The summed E-state index contributed by atoms with van der Waals surface area (Å²) in [6.07, 6.45) is 1.67. The summed E-state index contributed by atoms with van der Waals surface area (Å²) in [4.78, 5) is 29.1. The quantitative estimate of drug-likeness (QED) is 0.375. The van der Waals surface area contributed by atoms with E-state index in [1.54, 1.807) is 32.4 Å². The number of benzene rings is 2. The van der Waals surface area contributed by atoms with Gasteiger partial charge in [0.05, 0.1) is 31.2 Å². The molecule has 0 bridgehead atoms. The molecule has 9 heteroatoms. The molecule has 3 heterocycles. The first-order chi connectivity index (χ1) is 16.9. The number of carbonyl (C=O) groups excluding carboxylic acids is 1. The topological polar surface area (TPSA) is 94.8 Å². The standard InChI is InChI=1S/C26H25N3O5S/c1-6-7-20-27-28-26(35-20)29-22(15-8-9-17(32-4)19(12-15)33-5)21-23(30)16-10-13(2)14(3)11-18(16)34-24(21)25(29)31/h8-12,22H,6-7H2,1-5H3/t22-/m0/s1. The van der Waals surface area contributed by atoms with Gasteiger partial charge >= 0.3 is 0 Å². The second-order valence-electron chi connectivity index (χ2n) is 8.53. The third-order valence-corrected chi connectivity index (χ3v) is 7.32. The fourth-order valence-electron chi connectivity index (χ4n) is 4.42. The lowest BCUT2D eigenvalue weighted by atomic mass is 9.97. The number of aryl methyl sites for hydroxylation is 3. The fourth-order valence-corrected chi connectivity index (χ4v) is 5.39. The minimum Gasteiger partial charge on any atom is -0.493 e. The third kappa shape index (κ3) is 3.67. The minimum absolute atomic E-state index is 0.0257. The van der Waals surface area contributed by atoms with Crippen LogP contribution in [0.2, 0.25) is 0 Å². The number of rotatable bonds is 6. The zero-order valence-electron chi connectivity index (χ0n) is 20.2. The lowest BCUT2D eigenvalue weighted by Gasteiger charge is -2.23. The van der Waals surface area contributed by atoms with Gasteiger partial charge in [0.2, 0.25) is 10.9 Å². The maximum absolute atomic E-state index is 13.8. The molecule has 1 aliphatic rings. The van der Waals surface area contributed by atoms with Crippen molar-refractivity contribution in [3.05, 3.63) is 73.6 Å². The van der Waals surface area contributed by atoms with Gasteiger partial charge in [-0.2, -0.15) is 0 Å². The molecule has 180 valence electrons. The second-order valence-corrected chi connectivity index (χ2v) is 9.57. The average molecular weight is 492 g/mol. The van der Waals surface area contributed by atoms with Gasteiger partial charge in [-0.1, -0.05) is 24.3 Å². The smallest absolute Gasteiger partial charge is 0.297 e. The van der Waals surface area contributed by atoms with Gasteiger partial charge in [-0.25, -0.2) is 0 Å². The van der Waals surface area contributed by atoms with Crippen LogP contribution in [0, 0.1) is 13.8 Å². The van der Waals surface area contributed by atoms with Crippen molar-refractivity contribution in [1.29, 1.82) is 0 Å². The fraction of sp³-hybridized carbons (Fsp3) is 0.308. The summed E-state index contributed by atoms with van der Waals surface area (Å²) < 4.78 is 17.0. The Morgan fingerprint density at radius 3 is 2.49 bits per heavy atom. The highest BCUT2D eigenvalue weighted by Gasteiger charge is 2.45. The van der Waals surface area contributed by atoms with Crippen molar-refractivity contribution in [2.75, 3.05) is 19.1 Å². The maximum atomic E-state index is 13.8. The Kier molecular flexibility index (Phi) is 5.80. The largest absolute Gasteiger partial charge is 0.493 e. The molecule has 35 heavy (non-hydrogen) atoms. The van der Waals surface area contributed by atoms with E-state index in [4.69, 9.17) is 13.9 Å². The second kappa shape index (κ2) is 8.81. The van der Waals surface area contributed by atoms with E-state index in [0.717, 1.165) is 29.0 Å². The Morgan fingerprint density at radius 1 is 1.03 bits per heavy atom. The summed E-state index contributed by atoms with van der Waals surface area (Å²) in [5, 5.41) is 10.2. The zero-order valence-corrected chi connectivity index (χ0v) is 21.0. The highest BCUT2D eigenvalue weighted by Crippen LogP contribution is 2.44. The first-order valence-electron chi connectivity index (χ1n) is 11.3. The number of hydrogen-bond donors (Lipinski definition) is 0. The number of anilines is 1. The van der Waals surface area contributed by atoms with Crippen LogP contribution in [0.25, 0.3) is 11.0 Å². The van der Waals surface area contributed by atoms with Crippen LogP contribution in [0.3, 0.4) is 0 Å². The summed E-state index contributed by atoms with van der Waals surface area (Å²) in [5.41, 5.74) is 3.07. The molecule has 0 fully saturated rings. The van der Waals surface area contributed by atoms with Crippen molar-refractivity contribution in [2.45, 2.75) is 39.7 Å². The minimum atomic E-state index is -0.748. The molecule has 8 nitrogen and oxygen atoms in total. The summed E-state index contributed by atoms with van der Waals surface area (Å²) in [7, 11) is 3.10. The van der Waals surface area contributed by atoms with Crippen LogP contribution in [0.1, 0.15) is 57.2 Å². The molecular formula is C26H25N3O5S. The summed E-state index contributed by atoms with van der Waals surface area (Å²) in [6, 6.07) is 8.23. The van der Waals surface area contributed by atoms with E-state index in [2.05, 4.69) is 17.1 Å². The number of methoxy groups -OCH3 is 2. The molecule has 5 rings (SSSR count). The van der Waals surface area contributed by atoms with Crippen LogP contribution in [0.15, 0.2) is 39.5 Å². The lowest BCUT2D eigenvalue weighted by molar-refractivity contribution is 0.0970. The molecule has 0 N–H and O–H groups in total. The molecule has 1 amide bonds. The van der Waals surface area contributed by atoms with Crippen molar-refractivity contribution in [2.24, 2.45) is 0 Å². The Labute approximate surface area is 206 Å². The monoisotopic (exact) mass is 491 g/mol. The van der Waals surface area contributed by atoms with Gasteiger partial charge in [0, 0.05) is 6.42 Å². The molecule has 0 spiro atoms. The van der Waals surface area contributed by atoms with Gasteiger partial charge in [0.15, 0.2) is 16.9 Å². The first kappa shape index (κ1) is 23.0. The van der Waals surface area contributed by atoms with Crippen LogP contribution in [-0.4, -0.2) is 30.3 Å². The van der Waals surface area contributed by atoms with Crippen LogP contribution in [0.4, 0.5) is 5.13 Å². The van der Waals surface area contributed by atoms with Crippen molar-refractivity contribution >= 4 is 33.3 Å². The predicted octanol–water partition coefficient (Wildman–Crippen LogP) is 4.98. The van der Waals surface area contributed by atoms with Crippen molar-refractivity contribution in [1.82, 2.24) is 10.2 Å². The Bertz CT molecular complexity index is 1520. The van der Waals surface area contributed by atoms with E-state index in [1.807, 2.05) is 26.0 Å². The van der Waals surface area contributed by atoms with Crippen molar-refractivity contribution in [3.8, 4) is 11.5 Å². The molecule has 0 aliphatic carbocycles. The zero-order chi connectivity index (χ0) is 24.9. The number of ether oxygens (including phenoxy) is 2. The lowest BCUT2D eigenvalue weighted by Crippen LogP contribution is -2.29. The van der Waals surface area contributed by atoms with Crippen LogP contribution in [0.5, 0.6) is 11.5 Å². The summed E-state index contributed by atoms with van der Waals surface area (Å²) in [6.45, 7) is 5.95. The molecule has 0 radical (unpaired) electrons. The van der Waals surface area contributed by atoms with Crippen LogP contribution >= 0.6 is 11.3 Å². The van der Waals surface area contributed by atoms with Crippen molar-refractivity contribution < 1.29 is 18.7 Å². The van der Waals surface area contributed by atoms with E-state index >= 15 is 0 Å². The van der Waals surface area contributed by atoms with E-state index < -0.39 is 11.9 Å². The first-order valence-corrected chi connectivity index (χ1v) is 12.1. The van der Waals surface area contributed by atoms with E-state index in [-0.39, 0.29) is 16.8 Å². The molecule has 0 saturated carbocycles. The van der Waals surface area contributed by atoms with Gasteiger partial charge in [-0.3, -0.25) is 14.5 Å². The molecular weight excluding hydrogens is 466 g/mol. The van der Waals surface area contributed by atoms with Gasteiger partial charge in [0.1, 0.15) is 10.6 Å². The summed E-state index contributed by atoms with van der Waals surface area (Å²) >= 11 is 1.34. The number of fused-ring (bicyclic) bond motifs is 2. The van der Waals surface area contributed by atoms with Gasteiger partial charge < -0.3 is 13.9 Å². The summed E-state index contributed by atoms with van der Waals surface area (Å²) in [5.74, 6) is 0.644. The van der Waals surface area contributed by atoms with E-state index in [1.165, 1.54) is 16.2 Å². The Balaban J connectivity index is 1.78. The Hall–Kier alpha value is -3.72. The molecule has 1 atom stereocenters. The Morgan fingerprint density at radius 2 is 1.77 bits per heavy atom. The molecule has 2 aromatic heterocycles. The van der Waals surface area contributed by atoms with E-state index in [9.17, 15) is 9.59 Å². The van der Waals surface area contributed by atoms with Crippen LogP contribution < -0.4 is 19.8 Å². The average Bonchev–Trinajstić information content (AvgIpc) is 3.42. The molecule has 4 aromatic rings. The predicted molar refractivity (Wildman–Crippen MR) is 134 cm³/mol. The molecule has 0 saturated heterocycles. The third-order valence-electron chi connectivity index (χ3n) is 6.34. The normalized spacial score (nSPS) is 15.1. The number of hydrogen-bond acceptors (Lipinski definition) is 8. The highest BCUT2D eigenvalue weighted by molar-refractivity contribution is 7.15. The molecule has 1 aliphatic heterocycles.